The van der Waals surface area contributed by atoms with E-state index in [2.05, 4.69) is 0 Å². The number of thioether (sulfide) groups is 2. The van der Waals surface area contributed by atoms with Crippen LogP contribution in [-0.2, 0) is 9.83 Å². The third-order valence-electron chi connectivity index (χ3n) is 0.511. The summed E-state index contributed by atoms with van der Waals surface area (Å²) in [5.41, 5.74) is 0. The molecule has 0 aliphatic heterocycles. The van der Waals surface area contributed by atoms with Crippen LogP contribution in [0.2, 0.25) is 0 Å². The van der Waals surface area contributed by atoms with Crippen molar-refractivity contribution in [1.29, 1.82) is 0 Å². The molecule has 0 saturated heterocycles. The summed E-state index contributed by atoms with van der Waals surface area (Å²) in [6.45, 7) is 0. The van der Waals surface area contributed by atoms with E-state index in [0.29, 0.717) is 0 Å². The highest BCUT2D eigenvalue weighted by molar-refractivity contribution is 8.72. The predicted octanol–water partition coefficient (Wildman–Crippen LogP) is 2.02. The monoisotopic (exact) mass is 202 g/mol. The fraction of sp³-hybridized carbons (Fsp3) is 1.00. The van der Waals surface area contributed by atoms with Gasteiger partial charge in [0.05, 0.1) is 20.0 Å². The van der Waals surface area contributed by atoms with Crippen molar-refractivity contribution in [3.63, 3.8) is 0 Å². The summed E-state index contributed by atoms with van der Waals surface area (Å²) in [5, 5.41) is 1.69. The van der Waals surface area contributed by atoms with Gasteiger partial charge in [0.2, 0.25) is 0 Å². The normalized spacial score (nSPS) is 13.6. The molecule has 0 N–H and O–H groups in total. The summed E-state index contributed by atoms with van der Waals surface area (Å²) < 4.78 is 10.8. The topological polar surface area (TPSA) is 17.1 Å². The molecule has 0 aliphatic carbocycles. The largest absolute Gasteiger partial charge is 0.247 e. The summed E-state index contributed by atoms with van der Waals surface area (Å²) in [6.07, 6.45) is 3.99. The maximum Gasteiger partial charge on any atom is 0.0913 e. The van der Waals surface area contributed by atoms with Gasteiger partial charge in [0.15, 0.2) is 0 Å². The van der Waals surface area contributed by atoms with Crippen LogP contribution in [0.4, 0.5) is 0 Å². The molecule has 0 spiro atoms. The van der Waals surface area contributed by atoms with Crippen LogP contribution in [0.5, 0.6) is 0 Å². The molecule has 1 atom stereocenters. The molecule has 56 valence electrons. The molecular weight excluding hydrogens is 192 g/mol. The minimum Gasteiger partial charge on any atom is -0.247 e. The Morgan fingerprint density at radius 3 is 2.44 bits per heavy atom. The second kappa shape index (κ2) is 7.31. The van der Waals surface area contributed by atoms with Crippen molar-refractivity contribution in [2.24, 2.45) is 0 Å². The zero-order valence-electron chi connectivity index (χ0n) is 5.46. The van der Waals surface area contributed by atoms with Crippen molar-refractivity contribution in [2.75, 3.05) is 22.7 Å². The Hall–Kier alpha value is 1.20. The van der Waals surface area contributed by atoms with Crippen molar-refractivity contribution >= 4 is 44.1 Å². The zero-order chi connectivity index (χ0) is 7.11. The maximum atomic E-state index is 10.8. The van der Waals surface area contributed by atoms with Gasteiger partial charge in [-0.3, -0.25) is 0 Å². The first-order chi connectivity index (χ1) is 4.31. The lowest BCUT2D eigenvalue weighted by atomic mass is 11.9. The lowest BCUT2D eigenvalue weighted by Gasteiger charge is -1.94. The molecule has 0 aliphatic rings. The average Bonchev–Trinajstić information content (AvgIpc) is 1.85. The summed E-state index contributed by atoms with van der Waals surface area (Å²) in [6, 6.07) is 0. The molecule has 0 heterocycles. The van der Waals surface area contributed by atoms with E-state index >= 15 is 0 Å². The quantitative estimate of drug-likeness (QED) is 0.501. The van der Waals surface area contributed by atoms with Gasteiger partial charge in [-0.25, -0.2) is 4.21 Å². The molecule has 0 aromatic carbocycles. The lowest BCUT2D eigenvalue weighted by molar-refractivity contribution is 0.694. The van der Waals surface area contributed by atoms with Crippen molar-refractivity contribution in [3.8, 4) is 0 Å². The standard InChI is InChI=1S/C4H10OS4/c1-6-3-8-9(5)4-7-2/h3-4H2,1-2H3/t9-/m0/s1. The minimum atomic E-state index is -0.661. The summed E-state index contributed by atoms with van der Waals surface area (Å²) in [5.74, 6) is 0. The molecule has 1 nitrogen and oxygen atoms in total. The van der Waals surface area contributed by atoms with Gasteiger partial charge in [0, 0.05) is 0 Å². The molecule has 9 heavy (non-hydrogen) atoms. The smallest absolute Gasteiger partial charge is 0.0913 e. The van der Waals surface area contributed by atoms with Gasteiger partial charge in [-0.1, -0.05) is 0 Å². The molecule has 0 rings (SSSR count). The van der Waals surface area contributed by atoms with E-state index in [-0.39, 0.29) is 0 Å². The molecule has 0 amide bonds. The zero-order valence-corrected chi connectivity index (χ0v) is 8.72. The Morgan fingerprint density at radius 2 is 2.00 bits per heavy atom. The first-order valence-corrected chi connectivity index (χ1v) is 7.91. The van der Waals surface area contributed by atoms with Gasteiger partial charge >= 0.3 is 0 Å². The minimum absolute atomic E-state index is 0.661. The van der Waals surface area contributed by atoms with E-state index in [1.54, 1.807) is 23.5 Å². The van der Waals surface area contributed by atoms with Crippen molar-refractivity contribution in [3.05, 3.63) is 0 Å². The lowest BCUT2D eigenvalue weighted by Crippen LogP contribution is -1.85. The molecule has 5 heteroatoms. The fourth-order valence-electron chi connectivity index (χ4n) is 0.232. The van der Waals surface area contributed by atoms with E-state index < -0.39 is 9.83 Å². The molecule has 0 bridgehead atoms. The highest BCUT2D eigenvalue weighted by atomic mass is 33.1. The van der Waals surface area contributed by atoms with Gasteiger partial charge in [-0.2, -0.15) is 23.5 Å². The van der Waals surface area contributed by atoms with E-state index in [1.165, 1.54) is 10.8 Å². The Bertz CT molecular complexity index is 84.6. The molecule has 0 fully saturated rings. The number of hydrogen-bond donors (Lipinski definition) is 0. The van der Waals surface area contributed by atoms with Gasteiger partial charge in [0.25, 0.3) is 0 Å². The van der Waals surface area contributed by atoms with Gasteiger partial charge in [-0.15, -0.1) is 0 Å². The Kier molecular flexibility index (Phi) is 8.28. The van der Waals surface area contributed by atoms with Crippen LogP contribution in [0, 0.1) is 0 Å². The van der Waals surface area contributed by atoms with E-state index in [0.717, 1.165) is 10.2 Å². The van der Waals surface area contributed by atoms with Crippen molar-refractivity contribution in [1.82, 2.24) is 0 Å². The fourth-order valence-corrected chi connectivity index (χ4v) is 5.40. The molecule has 0 unspecified atom stereocenters. The highest BCUT2D eigenvalue weighted by Gasteiger charge is 1.95. The maximum absolute atomic E-state index is 10.8. The third kappa shape index (κ3) is 7.09. The van der Waals surface area contributed by atoms with E-state index in [1.807, 2.05) is 12.5 Å². The summed E-state index contributed by atoms with van der Waals surface area (Å²) >= 11 is 3.35. The highest BCUT2D eigenvalue weighted by Crippen LogP contribution is 2.15. The molecular formula is C4H10OS4. The summed E-state index contributed by atoms with van der Waals surface area (Å²) in [7, 11) is 0.854. The SMILES string of the molecule is CSCS[S@](=O)CSC. The third-order valence-corrected chi connectivity index (χ3v) is 6.34. The van der Waals surface area contributed by atoms with Crippen molar-refractivity contribution in [2.45, 2.75) is 0 Å². The predicted molar refractivity (Wildman–Crippen MR) is 52.5 cm³/mol. The second-order valence-corrected chi connectivity index (χ2v) is 6.94. The van der Waals surface area contributed by atoms with Crippen LogP contribution in [0.1, 0.15) is 0 Å². The van der Waals surface area contributed by atoms with Crippen LogP contribution in [0.25, 0.3) is 0 Å². The molecule has 0 aromatic heterocycles. The number of rotatable bonds is 5. The van der Waals surface area contributed by atoms with Gasteiger partial charge < -0.3 is 0 Å². The Balaban J connectivity index is 3.06. The molecule has 0 radical (unpaired) electrons. The van der Waals surface area contributed by atoms with E-state index in [4.69, 9.17) is 0 Å². The molecule has 0 saturated carbocycles. The van der Waals surface area contributed by atoms with Crippen LogP contribution >= 0.6 is 34.3 Å². The Morgan fingerprint density at radius 1 is 1.33 bits per heavy atom. The first kappa shape index (κ1) is 10.2. The molecule has 0 aromatic rings. The number of hydrogen-bond acceptors (Lipinski definition) is 4. The van der Waals surface area contributed by atoms with Gasteiger partial charge in [0.1, 0.15) is 0 Å². The first-order valence-electron chi connectivity index (χ1n) is 2.30. The van der Waals surface area contributed by atoms with Crippen LogP contribution in [0.3, 0.4) is 0 Å². The summed E-state index contributed by atoms with van der Waals surface area (Å²) in [4.78, 5) is 0. The van der Waals surface area contributed by atoms with E-state index in [9.17, 15) is 4.21 Å². The van der Waals surface area contributed by atoms with Crippen LogP contribution in [-0.4, -0.2) is 26.9 Å². The van der Waals surface area contributed by atoms with Crippen LogP contribution in [0.15, 0.2) is 0 Å². The van der Waals surface area contributed by atoms with Crippen molar-refractivity contribution < 1.29 is 4.21 Å². The Labute approximate surface area is 71.0 Å². The average molecular weight is 202 g/mol. The van der Waals surface area contributed by atoms with Crippen LogP contribution < -0.4 is 0 Å². The second-order valence-electron chi connectivity index (χ2n) is 1.23. The van der Waals surface area contributed by atoms with Gasteiger partial charge in [-0.05, 0) is 23.3 Å².